The normalized spacial score (nSPS) is 12.5. The Morgan fingerprint density at radius 1 is 1.23 bits per heavy atom. The number of primary amides is 1. The second kappa shape index (κ2) is 5.57. The van der Waals surface area contributed by atoms with Crippen LogP contribution in [0, 0.1) is 0 Å². The molecule has 1 aromatic heterocycles. The van der Waals surface area contributed by atoms with Gasteiger partial charge in [0.2, 0.25) is 5.91 Å². The van der Waals surface area contributed by atoms with Crippen molar-refractivity contribution in [2.75, 3.05) is 5.32 Å². The van der Waals surface area contributed by atoms with Crippen LogP contribution in [0.2, 0.25) is 10.0 Å². The van der Waals surface area contributed by atoms with Crippen molar-refractivity contribution in [3.05, 3.63) is 38.9 Å². The first-order valence-corrected chi connectivity index (χ1v) is 8.17. The summed E-state index contributed by atoms with van der Waals surface area (Å²) >= 11 is 13.7. The maximum atomic E-state index is 11.8. The molecular formula is C15H12Cl2N2O2S. The summed E-state index contributed by atoms with van der Waals surface area (Å²) in [5, 5.41) is 4.31. The topological polar surface area (TPSA) is 72.2 Å². The number of nitrogens with one attached hydrogen (secondary N) is 1. The van der Waals surface area contributed by atoms with Gasteiger partial charge in [0.05, 0.1) is 5.56 Å². The van der Waals surface area contributed by atoms with E-state index in [0.29, 0.717) is 33.5 Å². The van der Waals surface area contributed by atoms with Gasteiger partial charge in [0.15, 0.2) is 0 Å². The third-order valence-corrected chi connectivity index (χ3v) is 5.31. The van der Waals surface area contributed by atoms with Crippen LogP contribution in [0.4, 0.5) is 5.00 Å². The minimum atomic E-state index is -0.544. The largest absolute Gasteiger partial charge is 0.365 e. The molecule has 1 aliphatic carbocycles. The number of benzene rings is 1. The number of carbonyl (C=O) groups is 2. The molecule has 4 nitrogen and oxygen atoms in total. The monoisotopic (exact) mass is 354 g/mol. The molecule has 0 bridgehead atoms. The molecule has 0 atom stereocenters. The lowest BCUT2D eigenvalue weighted by molar-refractivity contribution is -0.114. The summed E-state index contributed by atoms with van der Waals surface area (Å²) in [6.45, 7) is 1.39. The van der Waals surface area contributed by atoms with E-state index >= 15 is 0 Å². The van der Waals surface area contributed by atoms with E-state index in [1.54, 1.807) is 6.07 Å². The van der Waals surface area contributed by atoms with Gasteiger partial charge in [0, 0.05) is 21.8 Å². The van der Waals surface area contributed by atoms with E-state index in [9.17, 15) is 9.59 Å². The lowest BCUT2D eigenvalue weighted by atomic mass is 9.89. The SMILES string of the molecule is CC(=O)Nc1sc2c(c1C(N)=O)CCc1c(Cl)cc(Cl)cc1-2. The Morgan fingerprint density at radius 2 is 1.91 bits per heavy atom. The lowest BCUT2D eigenvalue weighted by Gasteiger charge is -2.18. The molecule has 0 aliphatic heterocycles. The van der Waals surface area contributed by atoms with Crippen molar-refractivity contribution in [2.24, 2.45) is 5.73 Å². The molecule has 22 heavy (non-hydrogen) atoms. The van der Waals surface area contributed by atoms with E-state index in [2.05, 4.69) is 5.32 Å². The maximum Gasteiger partial charge on any atom is 0.252 e. The number of nitrogens with two attached hydrogens (primary N) is 1. The predicted molar refractivity (Wildman–Crippen MR) is 90.0 cm³/mol. The molecule has 3 rings (SSSR count). The molecule has 0 unspecified atom stereocenters. The fourth-order valence-corrected chi connectivity index (χ4v) is 4.67. The van der Waals surface area contributed by atoms with Crippen molar-refractivity contribution in [1.29, 1.82) is 0 Å². The Morgan fingerprint density at radius 3 is 2.55 bits per heavy atom. The van der Waals surface area contributed by atoms with E-state index in [4.69, 9.17) is 28.9 Å². The quantitative estimate of drug-likeness (QED) is 0.858. The Bertz CT molecular complexity index is 814. The molecule has 0 fully saturated rings. The first-order chi connectivity index (χ1) is 10.4. The van der Waals surface area contributed by atoms with Crippen LogP contribution in [-0.2, 0) is 17.6 Å². The van der Waals surface area contributed by atoms with Crippen molar-refractivity contribution >= 4 is 51.4 Å². The van der Waals surface area contributed by atoms with Crippen LogP contribution in [0.3, 0.4) is 0 Å². The molecule has 1 heterocycles. The minimum Gasteiger partial charge on any atom is -0.365 e. The summed E-state index contributed by atoms with van der Waals surface area (Å²) in [5.74, 6) is -0.789. The smallest absolute Gasteiger partial charge is 0.252 e. The molecule has 114 valence electrons. The molecule has 1 aromatic carbocycles. The standard InChI is InChI=1S/C15H12Cl2N2O2S/c1-6(20)19-15-12(14(18)21)9-3-2-8-10(13(9)22-15)4-7(16)5-11(8)17/h4-5H,2-3H2,1H3,(H2,18,21)(H,19,20). The molecule has 2 aromatic rings. The average Bonchev–Trinajstić information content (AvgIpc) is 2.75. The van der Waals surface area contributed by atoms with Crippen molar-refractivity contribution in [3.63, 3.8) is 0 Å². The Hall–Kier alpha value is -1.56. The van der Waals surface area contributed by atoms with Crippen LogP contribution in [0.25, 0.3) is 10.4 Å². The summed E-state index contributed by atoms with van der Waals surface area (Å²) < 4.78 is 0. The minimum absolute atomic E-state index is 0.245. The van der Waals surface area contributed by atoms with E-state index in [1.165, 1.54) is 18.3 Å². The molecule has 0 saturated carbocycles. The second-order valence-electron chi connectivity index (χ2n) is 5.07. The third kappa shape index (κ3) is 2.49. The highest BCUT2D eigenvalue weighted by Crippen LogP contribution is 2.47. The van der Waals surface area contributed by atoms with Gasteiger partial charge in [-0.25, -0.2) is 0 Å². The van der Waals surface area contributed by atoms with Crippen LogP contribution in [0.1, 0.15) is 28.4 Å². The highest BCUT2D eigenvalue weighted by atomic mass is 35.5. The average molecular weight is 355 g/mol. The Balaban J connectivity index is 2.26. The van der Waals surface area contributed by atoms with Crippen molar-refractivity contribution in [3.8, 4) is 10.4 Å². The van der Waals surface area contributed by atoms with Gasteiger partial charge in [0.25, 0.3) is 5.91 Å². The molecule has 1 aliphatic rings. The summed E-state index contributed by atoms with van der Waals surface area (Å²) in [6, 6.07) is 3.55. The summed E-state index contributed by atoms with van der Waals surface area (Å²) in [5.41, 5.74) is 8.65. The number of hydrogen-bond acceptors (Lipinski definition) is 3. The van der Waals surface area contributed by atoms with Crippen LogP contribution in [0.5, 0.6) is 0 Å². The molecule has 0 spiro atoms. The molecular weight excluding hydrogens is 343 g/mol. The highest BCUT2D eigenvalue weighted by molar-refractivity contribution is 7.20. The van der Waals surface area contributed by atoms with Gasteiger partial charge in [0.1, 0.15) is 5.00 Å². The van der Waals surface area contributed by atoms with Gasteiger partial charge in [-0.3, -0.25) is 9.59 Å². The predicted octanol–water partition coefficient (Wildman–Crippen LogP) is 3.88. The van der Waals surface area contributed by atoms with Gasteiger partial charge in [-0.1, -0.05) is 23.2 Å². The molecule has 7 heteroatoms. The number of amides is 2. The molecule has 0 saturated heterocycles. The number of carbonyl (C=O) groups excluding carboxylic acids is 2. The second-order valence-corrected chi connectivity index (χ2v) is 6.94. The molecule has 2 amide bonds. The number of anilines is 1. The van der Waals surface area contributed by atoms with Crippen LogP contribution >= 0.6 is 34.5 Å². The van der Waals surface area contributed by atoms with E-state index < -0.39 is 5.91 Å². The maximum absolute atomic E-state index is 11.8. The van der Waals surface area contributed by atoms with Crippen LogP contribution in [-0.4, -0.2) is 11.8 Å². The number of hydrogen-bond donors (Lipinski definition) is 2. The van der Waals surface area contributed by atoms with E-state index in [1.807, 2.05) is 6.07 Å². The van der Waals surface area contributed by atoms with Crippen molar-refractivity contribution < 1.29 is 9.59 Å². The highest BCUT2D eigenvalue weighted by Gasteiger charge is 2.28. The molecule has 0 radical (unpaired) electrons. The van der Waals surface area contributed by atoms with Crippen LogP contribution < -0.4 is 11.1 Å². The Labute approximate surface area is 141 Å². The fourth-order valence-electron chi connectivity index (χ4n) is 2.74. The molecule has 3 N–H and O–H groups in total. The van der Waals surface area contributed by atoms with Gasteiger partial charge < -0.3 is 11.1 Å². The van der Waals surface area contributed by atoms with Gasteiger partial charge in [-0.2, -0.15) is 0 Å². The van der Waals surface area contributed by atoms with Crippen molar-refractivity contribution in [1.82, 2.24) is 0 Å². The fraction of sp³-hybridized carbons (Fsp3) is 0.200. The van der Waals surface area contributed by atoms with E-state index in [0.717, 1.165) is 21.6 Å². The zero-order valence-corrected chi connectivity index (χ0v) is 14.0. The Kier molecular flexibility index (Phi) is 3.89. The zero-order valence-electron chi connectivity index (χ0n) is 11.6. The zero-order chi connectivity index (χ0) is 16.0. The van der Waals surface area contributed by atoms with Crippen molar-refractivity contribution in [2.45, 2.75) is 19.8 Å². The number of fused-ring (bicyclic) bond motifs is 3. The first kappa shape index (κ1) is 15.3. The lowest BCUT2D eigenvalue weighted by Crippen LogP contribution is -2.17. The summed E-state index contributed by atoms with van der Waals surface area (Å²) in [4.78, 5) is 24.1. The van der Waals surface area contributed by atoms with Gasteiger partial charge in [-0.05, 0) is 41.7 Å². The van der Waals surface area contributed by atoms with Gasteiger partial charge >= 0.3 is 0 Å². The van der Waals surface area contributed by atoms with Gasteiger partial charge in [-0.15, -0.1) is 11.3 Å². The number of halogens is 2. The third-order valence-electron chi connectivity index (χ3n) is 3.57. The number of rotatable bonds is 2. The van der Waals surface area contributed by atoms with Crippen LogP contribution in [0.15, 0.2) is 12.1 Å². The first-order valence-electron chi connectivity index (χ1n) is 6.59. The summed E-state index contributed by atoms with van der Waals surface area (Å²) in [6.07, 6.45) is 1.35. The number of thiophene rings is 1. The summed E-state index contributed by atoms with van der Waals surface area (Å²) in [7, 11) is 0. The van der Waals surface area contributed by atoms with E-state index in [-0.39, 0.29) is 5.91 Å².